The summed E-state index contributed by atoms with van der Waals surface area (Å²) in [5.74, 6) is 7.53. The Balaban J connectivity index is 1.87. The van der Waals surface area contributed by atoms with Crippen molar-refractivity contribution in [1.82, 2.24) is 0 Å². The maximum absolute atomic E-state index is 1.62. The van der Waals surface area contributed by atoms with Gasteiger partial charge in [0.05, 0.1) is 0 Å². The van der Waals surface area contributed by atoms with Gasteiger partial charge in [0, 0.05) is 0 Å². The van der Waals surface area contributed by atoms with Gasteiger partial charge in [0.2, 0.25) is 0 Å². The molecule has 4 aliphatic carbocycles. The average Bonchev–Trinajstić information content (AvgIpc) is 2.10. The highest BCUT2D eigenvalue weighted by Crippen LogP contribution is 2.76. The first-order valence-electron chi connectivity index (χ1n) is 4.97. The molecule has 0 heterocycles. The second-order valence-corrected chi connectivity index (χ2v) is 4.96. The Morgan fingerprint density at radius 3 is 1.10 bits per heavy atom. The van der Waals surface area contributed by atoms with Crippen LogP contribution < -0.4 is 0 Å². The lowest BCUT2D eigenvalue weighted by Gasteiger charge is -2.59. The summed E-state index contributed by atoms with van der Waals surface area (Å²) in [6, 6.07) is 0. The molecule has 10 heavy (non-hydrogen) atoms. The molecule has 4 atom stereocenters. The van der Waals surface area contributed by atoms with Crippen LogP contribution in [0.15, 0.2) is 0 Å². The van der Waals surface area contributed by atoms with Crippen LogP contribution in [0.4, 0.5) is 0 Å². The second-order valence-electron chi connectivity index (χ2n) is 4.96. The van der Waals surface area contributed by atoms with E-state index in [1.54, 1.807) is 25.7 Å². The molecule has 0 heteroatoms. The fourth-order valence-electron chi connectivity index (χ4n) is 5.02. The van der Waals surface area contributed by atoms with Gasteiger partial charge < -0.3 is 0 Å². The maximum Gasteiger partial charge on any atom is -0.0318 e. The van der Waals surface area contributed by atoms with Crippen LogP contribution >= 0.6 is 0 Å². The zero-order valence-corrected chi connectivity index (χ0v) is 6.29. The predicted octanol–water partition coefficient (Wildman–Crippen LogP) is 2.30. The van der Waals surface area contributed by atoms with Crippen LogP contribution in [0.25, 0.3) is 0 Å². The highest BCUT2D eigenvalue weighted by molar-refractivity contribution is 5.18. The van der Waals surface area contributed by atoms with Crippen molar-refractivity contribution in [2.75, 3.05) is 0 Å². The van der Waals surface area contributed by atoms with Gasteiger partial charge in [0.15, 0.2) is 0 Å². The Labute approximate surface area is 62.0 Å². The normalized spacial score (nSPS) is 74.4. The number of fused-ring (bicyclic) bond motifs is 2. The van der Waals surface area contributed by atoms with Gasteiger partial charge in [-0.2, -0.15) is 0 Å². The van der Waals surface area contributed by atoms with Crippen LogP contribution in [0.5, 0.6) is 0 Å². The molecule has 0 bridgehead atoms. The van der Waals surface area contributed by atoms with Gasteiger partial charge in [-0.15, -0.1) is 0 Å². The van der Waals surface area contributed by atoms with E-state index < -0.39 is 0 Å². The van der Waals surface area contributed by atoms with Gasteiger partial charge in [-0.1, -0.05) is 0 Å². The summed E-state index contributed by atoms with van der Waals surface area (Å²) in [4.78, 5) is 0. The van der Waals surface area contributed by atoms with E-state index in [1.807, 2.05) is 0 Å². The summed E-state index contributed by atoms with van der Waals surface area (Å²) < 4.78 is 0. The van der Waals surface area contributed by atoms with Crippen molar-refractivity contribution in [3.63, 3.8) is 0 Å². The standard InChI is InChI=1S/C10H14/c1-2-6-8-4-3-7-5(1)9(6)10(7)8/h5-10H,1-4H2/t5-,6-,7-,8-,9?,10?/m1/s1. The lowest BCUT2D eigenvalue weighted by Crippen LogP contribution is -2.55. The molecule has 0 spiro atoms. The summed E-state index contributed by atoms with van der Waals surface area (Å²) in [6.45, 7) is 0. The smallest absolute Gasteiger partial charge is 0.0318 e. The molecular formula is C10H14. The van der Waals surface area contributed by atoms with E-state index in [9.17, 15) is 0 Å². The van der Waals surface area contributed by atoms with Crippen molar-refractivity contribution in [1.29, 1.82) is 0 Å². The SMILES string of the molecule is C1C[C@H]2C3C4[C@H](CC[C@@H]42)[C@@H]13. The van der Waals surface area contributed by atoms with Gasteiger partial charge >= 0.3 is 0 Å². The molecule has 54 valence electrons. The van der Waals surface area contributed by atoms with E-state index >= 15 is 0 Å². The van der Waals surface area contributed by atoms with E-state index in [0.717, 1.165) is 0 Å². The molecule has 0 amide bonds. The van der Waals surface area contributed by atoms with Gasteiger partial charge in [-0.05, 0) is 61.2 Å². The quantitative estimate of drug-likeness (QED) is 0.477. The van der Waals surface area contributed by atoms with Crippen molar-refractivity contribution in [2.24, 2.45) is 35.5 Å². The second kappa shape index (κ2) is 1.19. The fourth-order valence-corrected chi connectivity index (χ4v) is 5.02. The Hall–Kier alpha value is 0. The molecule has 0 radical (unpaired) electrons. The minimum atomic E-state index is 1.24. The van der Waals surface area contributed by atoms with E-state index in [2.05, 4.69) is 0 Å². The van der Waals surface area contributed by atoms with E-state index in [1.165, 1.54) is 35.5 Å². The Morgan fingerprint density at radius 2 is 0.800 bits per heavy atom. The van der Waals surface area contributed by atoms with Crippen molar-refractivity contribution >= 4 is 0 Å². The topological polar surface area (TPSA) is 0 Å². The molecule has 4 aliphatic rings. The van der Waals surface area contributed by atoms with Crippen LogP contribution in [-0.2, 0) is 0 Å². The Bertz CT molecular complexity index is 131. The third-order valence-corrected chi connectivity index (χ3v) is 5.19. The van der Waals surface area contributed by atoms with Gasteiger partial charge in [-0.25, -0.2) is 0 Å². The van der Waals surface area contributed by atoms with Crippen molar-refractivity contribution < 1.29 is 0 Å². The molecule has 0 nitrogen and oxygen atoms in total. The Kier molecular flexibility index (Phi) is 0.570. The van der Waals surface area contributed by atoms with Crippen LogP contribution in [0.1, 0.15) is 25.7 Å². The first kappa shape index (κ1) is 4.79. The minimum Gasteiger partial charge on any atom is -0.0496 e. The van der Waals surface area contributed by atoms with Crippen LogP contribution in [0.2, 0.25) is 0 Å². The summed E-state index contributed by atoms with van der Waals surface area (Å²) in [5.41, 5.74) is 0. The van der Waals surface area contributed by atoms with Gasteiger partial charge in [-0.3, -0.25) is 0 Å². The third-order valence-electron chi connectivity index (χ3n) is 5.19. The zero-order valence-electron chi connectivity index (χ0n) is 6.29. The lowest BCUT2D eigenvalue weighted by molar-refractivity contribution is -0.124. The maximum atomic E-state index is 1.62. The van der Waals surface area contributed by atoms with Crippen LogP contribution in [0, 0.1) is 35.5 Å². The summed E-state index contributed by atoms with van der Waals surface area (Å²) >= 11 is 0. The number of hydrogen-bond donors (Lipinski definition) is 0. The molecule has 0 aromatic rings. The van der Waals surface area contributed by atoms with Crippen LogP contribution in [0.3, 0.4) is 0 Å². The molecule has 0 aliphatic heterocycles. The minimum absolute atomic E-state index is 1.24. The first-order chi connectivity index (χ1) is 4.97. The molecule has 4 saturated carbocycles. The van der Waals surface area contributed by atoms with E-state index in [-0.39, 0.29) is 0 Å². The molecule has 0 N–H and O–H groups in total. The molecule has 4 fully saturated rings. The van der Waals surface area contributed by atoms with E-state index in [4.69, 9.17) is 0 Å². The highest BCUT2D eigenvalue weighted by Gasteiger charge is 2.70. The molecular weight excluding hydrogens is 120 g/mol. The lowest BCUT2D eigenvalue weighted by atomic mass is 9.45. The van der Waals surface area contributed by atoms with Gasteiger partial charge in [0.1, 0.15) is 0 Å². The number of hydrogen-bond acceptors (Lipinski definition) is 0. The monoisotopic (exact) mass is 134 g/mol. The van der Waals surface area contributed by atoms with E-state index in [0.29, 0.717) is 0 Å². The summed E-state index contributed by atoms with van der Waals surface area (Å²) in [7, 11) is 0. The molecule has 4 rings (SSSR count). The average molecular weight is 134 g/mol. The fraction of sp³-hybridized carbons (Fsp3) is 1.00. The Morgan fingerprint density at radius 1 is 0.500 bits per heavy atom. The summed E-state index contributed by atoms with van der Waals surface area (Å²) in [5, 5.41) is 0. The third kappa shape index (κ3) is 0.271. The largest absolute Gasteiger partial charge is 0.0496 e. The molecule has 0 unspecified atom stereocenters. The van der Waals surface area contributed by atoms with Crippen molar-refractivity contribution in [2.45, 2.75) is 25.7 Å². The highest BCUT2D eigenvalue weighted by atomic mass is 14.7. The van der Waals surface area contributed by atoms with Crippen molar-refractivity contribution in [3.05, 3.63) is 0 Å². The molecule has 0 aromatic heterocycles. The molecule has 0 saturated heterocycles. The molecule has 0 aromatic carbocycles. The van der Waals surface area contributed by atoms with Gasteiger partial charge in [0.25, 0.3) is 0 Å². The van der Waals surface area contributed by atoms with Crippen LogP contribution in [-0.4, -0.2) is 0 Å². The van der Waals surface area contributed by atoms with Crippen molar-refractivity contribution in [3.8, 4) is 0 Å². The summed E-state index contributed by atoms with van der Waals surface area (Å²) in [6.07, 6.45) is 6.47. The number of rotatable bonds is 0. The zero-order chi connectivity index (χ0) is 6.29. The predicted molar refractivity (Wildman–Crippen MR) is 39.4 cm³/mol. The first-order valence-corrected chi connectivity index (χ1v) is 4.97.